The lowest BCUT2D eigenvalue weighted by Crippen LogP contribution is -2.46. The Balaban J connectivity index is 1.55. The van der Waals surface area contributed by atoms with Crippen molar-refractivity contribution < 1.29 is 4.79 Å². The first-order chi connectivity index (χ1) is 17.8. The molecule has 2 heterocycles. The van der Waals surface area contributed by atoms with Crippen LogP contribution in [0.1, 0.15) is 48.5 Å². The number of anilines is 1. The van der Waals surface area contributed by atoms with E-state index in [4.69, 9.17) is 4.98 Å². The molecular weight excluding hydrogens is 478 g/mol. The Bertz CT molecular complexity index is 1130. The van der Waals surface area contributed by atoms with Crippen molar-refractivity contribution in [1.29, 1.82) is 0 Å². The SMILES string of the molecule is Cc1sc(N(CCN(C(C)C)C(C)C)Cc2ccc(C(=O)N3CCNCC3)cc2)nc1-c1ccccc1. The van der Waals surface area contributed by atoms with Crippen LogP contribution in [0.2, 0.25) is 0 Å². The van der Waals surface area contributed by atoms with Gasteiger partial charge < -0.3 is 15.1 Å². The fraction of sp³-hybridized carbons (Fsp3) is 0.467. The number of aromatic nitrogens is 1. The molecule has 1 aliphatic heterocycles. The van der Waals surface area contributed by atoms with Crippen molar-refractivity contribution >= 4 is 22.4 Å². The number of piperazine rings is 1. The van der Waals surface area contributed by atoms with Crippen LogP contribution in [0, 0.1) is 6.92 Å². The van der Waals surface area contributed by atoms with Gasteiger partial charge >= 0.3 is 0 Å². The molecule has 0 radical (unpaired) electrons. The van der Waals surface area contributed by atoms with Crippen LogP contribution in [0.25, 0.3) is 11.3 Å². The van der Waals surface area contributed by atoms with Gasteiger partial charge in [0, 0.05) is 73.9 Å². The Labute approximate surface area is 226 Å². The molecule has 7 heteroatoms. The Morgan fingerprint density at radius 3 is 2.24 bits per heavy atom. The molecule has 0 saturated carbocycles. The zero-order valence-corrected chi connectivity index (χ0v) is 23.7. The molecule has 0 unspecified atom stereocenters. The second-order valence-electron chi connectivity index (χ2n) is 10.4. The molecule has 1 aromatic heterocycles. The summed E-state index contributed by atoms with van der Waals surface area (Å²) in [7, 11) is 0. The molecule has 0 bridgehead atoms. The molecule has 0 spiro atoms. The Morgan fingerprint density at radius 1 is 0.973 bits per heavy atom. The smallest absolute Gasteiger partial charge is 0.253 e. The van der Waals surface area contributed by atoms with Crippen LogP contribution >= 0.6 is 11.3 Å². The third kappa shape index (κ3) is 6.98. The van der Waals surface area contributed by atoms with E-state index in [1.807, 2.05) is 23.1 Å². The van der Waals surface area contributed by atoms with Crippen LogP contribution < -0.4 is 10.2 Å². The minimum atomic E-state index is 0.123. The van der Waals surface area contributed by atoms with Gasteiger partial charge in [0.05, 0.1) is 5.69 Å². The first-order valence-electron chi connectivity index (χ1n) is 13.5. The maximum Gasteiger partial charge on any atom is 0.253 e. The Hall–Kier alpha value is -2.74. The molecule has 0 atom stereocenters. The minimum absolute atomic E-state index is 0.123. The third-order valence-electron chi connectivity index (χ3n) is 7.04. The van der Waals surface area contributed by atoms with Crippen LogP contribution in [-0.4, -0.2) is 72.0 Å². The predicted molar refractivity (Wildman–Crippen MR) is 156 cm³/mol. The molecule has 0 aliphatic carbocycles. The summed E-state index contributed by atoms with van der Waals surface area (Å²) < 4.78 is 0. The number of amides is 1. The number of thiazole rings is 1. The number of nitrogens with one attached hydrogen (secondary N) is 1. The van der Waals surface area contributed by atoms with Crippen molar-refractivity contribution in [2.24, 2.45) is 0 Å². The van der Waals surface area contributed by atoms with E-state index in [9.17, 15) is 4.79 Å². The molecule has 1 amide bonds. The van der Waals surface area contributed by atoms with Crippen molar-refractivity contribution in [2.75, 3.05) is 44.2 Å². The van der Waals surface area contributed by atoms with E-state index in [0.29, 0.717) is 12.1 Å². The van der Waals surface area contributed by atoms with Crippen LogP contribution in [0.15, 0.2) is 54.6 Å². The monoisotopic (exact) mass is 519 g/mol. The van der Waals surface area contributed by atoms with Crippen LogP contribution in [0.5, 0.6) is 0 Å². The summed E-state index contributed by atoms with van der Waals surface area (Å²) in [6.07, 6.45) is 0. The van der Waals surface area contributed by atoms with E-state index in [1.54, 1.807) is 11.3 Å². The summed E-state index contributed by atoms with van der Waals surface area (Å²) in [5.74, 6) is 0.123. The minimum Gasteiger partial charge on any atom is -0.342 e. The van der Waals surface area contributed by atoms with Crippen LogP contribution in [-0.2, 0) is 6.54 Å². The van der Waals surface area contributed by atoms with Gasteiger partial charge in [0.2, 0.25) is 0 Å². The van der Waals surface area contributed by atoms with Gasteiger partial charge in [0.15, 0.2) is 5.13 Å². The number of hydrogen-bond donors (Lipinski definition) is 1. The van der Waals surface area contributed by atoms with Gasteiger partial charge in [-0.05, 0) is 52.3 Å². The van der Waals surface area contributed by atoms with Gasteiger partial charge in [0.1, 0.15) is 0 Å². The number of rotatable bonds is 10. The molecule has 1 fully saturated rings. The summed E-state index contributed by atoms with van der Waals surface area (Å²) in [6.45, 7) is 17.1. The molecule has 2 aromatic carbocycles. The third-order valence-corrected chi connectivity index (χ3v) is 8.07. The molecule has 6 nitrogen and oxygen atoms in total. The molecule has 37 heavy (non-hydrogen) atoms. The molecule has 4 rings (SSSR count). The highest BCUT2D eigenvalue weighted by atomic mass is 32.1. The number of benzene rings is 2. The van der Waals surface area contributed by atoms with Gasteiger partial charge in [-0.1, -0.05) is 42.5 Å². The van der Waals surface area contributed by atoms with E-state index in [1.165, 1.54) is 10.4 Å². The average Bonchev–Trinajstić information content (AvgIpc) is 3.30. The lowest BCUT2D eigenvalue weighted by molar-refractivity contribution is 0.0736. The zero-order chi connectivity index (χ0) is 26.4. The molecular formula is C30H41N5OS. The van der Waals surface area contributed by atoms with Crippen molar-refractivity contribution in [3.63, 3.8) is 0 Å². The summed E-state index contributed by atoms with van der Waals surface area (Å²) in [4.78, 5) is 26.1. The van der Waals surface area contributed by atoms with E-state index >= 15 is 0 Å². The van der Waals surface area contributed by atoms with Gasteiger partial charge in [0.25, 0.3) is 5.91 Å². The fourth-order valence-corrected chi connectivity index (χ4v) is 5.95. The van der Waals surface area contributed by atoms with Crippen molar-refractivity contribution in [3.05, 3.63) is 70.6 Å². The second kappa shape index (κ2) is 12.7. The van der Waals surface area contributed by atoms with Gasteiger partial charge in [-0.15, -0.1) is 11.3 Å². The van der Waals surface area contributed by atoms with Gasteiger partial charge in [-0.2, -0.15) is 0 Å². The highest BCUT2D eigenvalue weighted by Crippen LogP contribution is 2.33. The maximum atomic E-state index is 12.9. The standard InChI is InChI=1S/C30H41N5OS/c1-22(2)35(23(3)4)20-19-34(30-32-28(24(5)37-30)26-9-7-6-8-10-26)21-25-11-13-27(14-12-25)29(36)33-17-15-31-16-18-33/h6-14,22-23,31H,15-21H2,1-5H3. The molecule has 3 aromatic rings. The largest absolute Gasteiger partial charge is 0.342 e. The average molecular weight is 520 g/mol. The number of nitrogens with zero attached hydrogens (tertiary/aromatic N) is 4. The Kier molecular flexibility index (Phi) is 9.35. The molecule has 1 saturated heterocycles. The van der Waals surface area contributed by atoms with E-state index < -0.39 is 0 Å². The Morgan fingerprint density at radius 2 is 1.62 bits per heavy atom. The van der Waals surface area contributed by atoms with Crippen molar-refractivity contribution in [3.8, 4) is 11.3 Å². The molecule has 1 N–H and O–H groups in total. The predicted octanol–water partition coefficient (Wildman–Crippen LogP) is 5.29. The quantitative estimate of drug-likeness (QED) is 0.395. The topological polar surface area (TPSA) is 51.7 Å². The van der Waals surface area contributed by atoms with Gasteiger partial charge in [-0.25, -0.2) is 4.98 Å². The normalized spacial score (nSPS) is 14.1. The summed E-state index contributed by atoms with van der Waals surface area (Å²) in [5, 5.41) is 4.36. The lowest BCUT2D eigenvalue weighted by Gasteiger charge is -2.33. The van der Waals surface area contributed by atoms with Crippen LogP contribution in [0.3, 0.4) is 0 Å². The summed E-state index contributed by atoms with van der Waals surface area (Å²) in [5.41, 5.74) is 4.17. The first kappa shape index (κ1) is 27.3. The summed E-state index contributed by atoms with van der Waals surface area (Å²) in [6, 6.07) is 19.6. The fourth-order valence-electron chi connectivity index (χ4n) is 5.00. The number of hydrogen-bond acceptors (Lipinski definition) is 6. The maximum absolute atomic E-state index is 12.9. The van der Waals surface area contributed by atoms with Crippen molar-refractivity contribution in [1.82, 2.24) is 20.1 Å². The van der Waals surface area contributed by atoms with E-state index in [2.05, 4.69) is 86.1 Å². The molecule has 198 valence electrons. The highest BCUT2D eigenvalue weighted by Gasteiger charge is 2.21. The second-order valence-corrected chi connectivity index (χ2v) is 11.5. The number of aryl methyl sites for hydroxylation is 1. The summed E-state index contributed by atoms with van der Waals surface area (Å²) >= 11 is 1.76. The van der Waals surface area contributed by atoms with Crippen LogP contribution in [0.4, 0.5) is 5.13 Å². The van der Waals surface area contributed by atoms with E-state index in [-0.39, 0.29) is 5.91 Å². The van der Waals surface area contributed by atoms with Gasteiger partial charge in [-0.3, -0.25) is 9.69 Å². The number of carbonyl (C=O) groups excluding carboxylic acids is 1. The van der Waals surface area contributed by atoms with Crippen molar-refractivity contribution in [2.45, 2.75) is 53.2 Å². The first-order valence-corrected chi connectivity index (χ1v) is 14.3. The number of carbonyl (C=O) groups is 1. The zero-order valence-electron chi connectivity index (χ0n) is 22.9. The lowest BCUT2D eigenvalue weighted by atomic mass is 10.1. The molecule has 1 aliphatic rings. The highest BCUT2D eigenvalue weighted by molar-refractivity contribution is 7.16. The van der Waals surface area contributed by atoms with E-state index in [0.717, 1.165) is 67.8 Å².